The van der Waals surface area contributed by atoms with Gasteiger partial charge in [0.05, 0.1) is 17.6 Å². The summed E-state index contributed by atoms with van der Waals surface area (Å²) in [5.41, 5.74) is 2.59. The normalized spacial score (nSPS) is 9.75. The van der Waals surface area contributed by atoms with E-state index in [1.54, 1.807) is 5.51 Å². The highest BCUT2D eigenvalue weighted by molar-refractivity contribution is 7.07. The molecule has 0 saturated carbocycles. The molecule has 1 heterocycles. The average molecular weight is 184 g/mol. The monoisotopic (exact) mass is 184 g/mol. The Kier molecular flexibility index (Phi) is 3.73. The van der Waals surface area contributed by atoms with Gasteiger partial charge in [-0.3, -0.25) is 4.79 Å². The topological polar surface area (TPSA) is 42.0 Å². The van der Waals surface area contributed by atoms with Gasteiger partial charge in [-0.05, 0) is 6.42 Å². The van der Waals surface area contributed by atoms with Crippen molar-refractivity contribution < 1.29 is 4.79 Å². The highest BCUT2D eigenvalue weighted by Crippen LogP contribution is 2.00. The van der Waals surface area contributed by atoms with Crippen LogP contribution in [-0.2, 0) is 11.2 Å². The molecule has 1 amide bonds. The number of amides is 1. The highest BCUT2D eigenvalue weighted by atomic mass is 32.1. The van der Waals surface area contributed by atoms with Gasteiger partial charge in [-0.1, -0.05) is 6.92 Å². The first-order valence-corrected chi connectivity index (χ1v) is 4.91. The molecule has 0 aliphatic heterocycles. The van der Waals surface area contributed by atoms with Gasteiger partial charge in [0.15, 0.2) is 0 Å². The standard InChI is InChI=1S/C8H12N2OS/c1-2-3-9-8(11)4-7-5-12-6-10-7/h5-6H,2-4H2,1H3,(H,9,11). The van der Waals surface area contributed by atoms with Crippen LogP contribution in [0.25, 0.3) is 0 Å². The minimum absolute atomic E-state index is 0.0581. The first-order chi connectivity index (χ1) is 5.83. The molecule has 1 aromatic heterocycles. The van der Waals surface area contributed by atoms with Crippen molar-refractivity contribution in [2.75, 3.05) is 6.54 Å². The molecular formula is C8H12N2OS. The van der Waals surface area contributed by atoms with Crippen LogP contribution in [0.2, 0.25) is 0 Å². The largest absolute Gasteiger partial charge is 0.356 e. The molecule has 0 bridgehead atoms. The summed E-state index contributed by atoms with van der Waals surface area (Å²) in [5.74, 6) is 0.0581. The predicted octanol–water partition coefficient (Wildman–Crippen LogP) is 1.21. The Balaban J connectivity index is 2.27. The highest BCUT2D eigenvalue weighted by Gasteiger charge is 2.02. The maximum atomic E-state index is 11.1. The Morgan fingerprint density at radius 3 is 3.17 bits per heavy atom. The van der Waals surface area contributed by atoms with Crippen molar-refractivity contribution in [1.29, 1.82) is 0 Å². The lowest BCUT2D eigenvalue weighted by atomic mass is 10.3. The van der Waals surface area contributed by atoms with E-state index in [0.717, 1.165) is 18.7 Å². The van der Waals surface area contributed by atoms with Crippen LogP contribution in [0.5, 0.6) is 0 Å². The van der Waals surface area contributed by atoms with Crippen molar-refractivity contribution in [3.63, 3.8) is 0 Å². The Labute approximate surface area is 75.8 Å². The van der Waals surface area contributed by atoms with Crippen LogP contribution in [0, 0.1) is 0 Å². The molecule has 0 aliphatic rings. The maximum absolute atomic E-state index is 11.1. The van der Waals surface area contributed by atoms with Gasteiger partial charge < -0.3 is 5.32 Å². The molecule has 66 valence electrons. The van der Waals surface area contributed by atoms with Crippen LogP contribution in [0.3, 0.4) is 0 Å². The van der Waals surface area contributed by atoms with Crippen molar-refractivity contribution in [3.05, 3.63) is 16.6 Å². The summed E-state index contributed by atoms with van der Waals surface area (Å²) in [5, 5.41) is 4.69. The Bertz CT molecular complexity index is 233. The Morgan fingerprint density at radius 1 is 1.75 bits per heavy atom. The average Bonchev–Trinajstić information content (AvgIpc) is 2.53. The maximum Gasteiger partial charge on any atom is 0.226 e. The number of carbonyl (C=O) groups excluding carboxylic acids is 1. The van der Waals surface area contributed by atoms with E-state index in [2.05, 4.69) is 10.3 Å². The quantitative estimate of drug-likeness (QED) is 0.764. The first kappa shape index (κ1) is 9.19. The third kappa shape index (κ3) is 3.00. The fraction of sp³-hybridized carbons (Fsp3) is 0.500. The number of rotatable bonds is 4. The summed E-state index contributed by atoms with van der Waals surface area (Å²) in [4.78, 5) is 15.1. The molecular weight excluding hydrogens is 172 g/mol. The molecule has 4 heteroatoms. The molecule has 1 rings (SSSR count). The van der Waals surface area contributed by atoms with Gasteiger partial charge in [0.1, 0.15) is 0 Å². The fourth-order valence-electron chi connectivity index (χ4n) is 0.816. The Hall–Kier alpha value is -0.900. The summed E-state index contributed by atoms with van der Waals surface area (Å²) in [6.45, 7) is 2.78. The lowest BCUT2D eigenvalue weighted by Gasteiger charge is -1.99. The summed E-state index contributed by atoms with van der Waals surface area (Å²) in [7, 11) is 0. The predicted molar refractivity (Wildman–Crippen MR) is 49.1 cm³/mol. The van der Waals surface area contributed by atoms with Crippen LogP contribution in [0.4, 0.5) is 0 Å². The molecule has 1 aromatic rings. The number of nitrogens with one attached hydrogen (secondary N) is 1. The SMILES string of the molecule is CCCNC(=O)Cc1cscn1. The van der Waals surface area contributed by atoms with E-state index in [1.165, 1.54) is 11.3 Å². The van der Waals surface area contributed by atoms with Crippen LogP contribution in [0.1, 0.15) is 19.0 Å². The fourth-order valence-corrected chi connectivity index (χ4v) is 1.37. The number of hydrogen-bond acceptors (Lipinski definition) is 3. The molecule has 0 aromatic carbocycles. The van der Waals surface area contributed by atoms with E-state index >= 15 is 0 Å². The molecule has 0 unspecified atom stereocenters. The third-order valence-corrected chi connectivity index (χ3v) is 2.03. The van der Waals surface area contributed by atoms with Crippen LogP contribution >= 0.6 is 11.3 Å². The van der Waals surface area contributed by atoms with Crippen molar-refractivity contribution in [1.82, 2.24) is 10.3 Å². The second-order valence-electron chi connectivity index (χ2n) is 2.51. The van der Waals surface area contributed by atoms with Gasteiger partial charge in [-0.2, -0.15) is 0 Å². The van der Waals surface area contributed by atoms with Gasteiger partial charge in [0, 0.05) is 11.9 Å². The second-order valence-corrected chi connectivity index (χ2v) is 3.23. The number of nitrogens with zero attached hydrogens (tertiary/aromatic N) is 1. The molecule has 0 fully saturated rings. The molecule has 1 N–H and O–H groups in total. The van der Waals surface area contributed by atoms with Crippen LogP contribution < -0.4 is 5.32 Å². The first-order valence-electron chi connectivity index (χ1n) is 3.96. The van der Waals surface area contributed by atoms with E-state index < -0.39 is 0 Å². The lowest BCUT2D eigenvalue weighted by molar-refractivity contribution is -0.120. The minimum Gasteiger partial charge on any atom is -0.356 e. The number of thiazole rings is 1. The zero-order valence-electron chi connectivity index (χ0n) is 7.04. The second kappa shape index (κ2) is 4.87. The van der Waals surface area contributed by atoms with E-state index in [1.807, 2.05) is 12.3 Å². The number of hydrogen-bond donors (Lipinski definition) is 1. The smallest absolute Gasteiger partial charge is 0.226 e. The molecule has 3 nitrogen and oxygen atoms in total. The van der Waals surface area contributed by atoms with Gasteiger partial charge in [0.25, 0.3) is 0 Å². The minimum atomic E-state index is 0.0581. The molecule has 0 aliphatic carbocycles. The Morgan fingerprint density at radius 2 is 2.58 bits per heavy atom. The molecule has 0 radical (unpaired) electrons. The van der Waals surface area contributed by atoms with Crippen molar-refractivity contribution >= 4 is 17.2 Å². The van der Waals surface area contributed by atoms with Gasteiger partial charge in [0.2, 0.25) is 5.91 Å². The number of carbonyl (C=O) groups is 1. The van der Waals surface area contributed by atoms with Crippen molar-refractivity contribution in [2.45, 2.75) is 19.8 Å². The number of aromatic nitrogens is 1. The zero-order valence-corrected chi connectivity index (χ0v) is 7.86. The van der Waals surface area contributed by atoms with E-state index in [4.69, 9.17) is 0 Å². The van der Waals surface area contributed by atoms with Gasteiger partial charge >= 0.3 is 0 Å². The molecule has 12 heavy (non-hydrogen) atoms. The summed E-state index contributed by atoms with van der Waals surface area (Å²) >= 11 is 1.51. The third-order valence-electron chi connectivity index (χ3n) is 1.40. The van der Waals surface area contributed by atoms with Crippen molar-refractivity contribution in [2.24, 2.45) is 0 Å². The van der Waals surface area contributed by atoms with Crippen molar-refractivity contribution in [3.8, 4) is 0 Å². The lowest BCUT2D eigenvalue weighted by Crippen LogP contribution is -2.25. The van der Waals surface area contributed by atoms with Gasteiger partial charge in [-0.15, -0.1) is 11.3 Å². The van der Waals surface area contributed by atoms with E-state index in [0.29, 0.717) is 6.42 Å². The molecule has 0 saturated heterocycles. The molecule has 0 atom stereocenters. The summed E-state index contributed by atoms with van der Waals surface area (Å²) in [6.07, 6.45) is 1.38. The van der Waals surface area contributed by atoms with Crippen LogP contribution in [0.15, 0.2) is 10.9 Å². The zero-order chi connectivity index (χ0) is 8.81. The van der Waals surface area contributed by atoms with E-state index in [9.17, 15) is 4.79 Å². The summed E-state index contributed by atoms with van der Waals surface area (Å²) in [6, 6.07) is 0. The van der Waals surface area contributed by atoms with E-state index in [-0.39, 0.29) is 5.91 Å². The van der Waals surface area contributed by atoms with Gasteiger partial charge in [-0.25, -0.2) is 4.98 Å². The van der Waals surface area contributed by atoms with Crippen LogP contribution in [-0.4, -0.2) is 17.4 Å². The summed E-state index contributed by atoms with van der Waals surface area (Å²) < 4.78 is 0. The molecule has 0 spiro atoms.